The van der Waals surface area contributed by atoms with E-state index in [1.807, 2.05) is 34.6 Å². The Morgan fingerprint density at radius 2 is 1.42 bits per heavy atom. The zero-order chi connectivity index (χ0) is 15.9. The number of nitrogens with zero attached hydrogens (tertiary/aromatic N) is 1. The van der Waals surface area contributed by atoms with Gasteiger partial charge in [-0.15, -0.1) is 0 Å². The molecule has 1 N–H and O–H groups in total. The van der Waals surface area contributed by atoms with E-state index in [0.29, 0.717) is 0 Å². The molecular formula is C15H35NO3. The topological polar surface area (TPSA) is 49.8 Å². The molecule has 4 nitrogen and oxygen atoms in total. The first kappa shape index (κ1) is 23.3. The molecule has 0 aromatic rings. The van der Waals surface area contributed by atoms with Gasteiger partial charge in [0.05, 0.1) is 0 Å². The number of hydrogen-bond donors (Lipinski definition) is 1. The van der Waals surface area contributed by atoms with Crippen LogP contribution in [0.4, 0.5) is 4.79 Å². The van der Waals surface area contributed by atoms with Gasteiger partial charge >= 0.3 is 6.09 Å². The summed E-state index contributed by atoms with van der Waals surface area (Å²) in [5, 5.41) is 7.00. The van der Waals surface area contributed by atoms with Crippen molar-refractivity contribution < 1.29 is 14.6 Å². The second-order valence-electron chi connectivity index (χ2n) is 4.88. The average molecular weight is 277 g/mol. The van der Waals surface area contributed by atoms with E-state index < -0.39 is 0 Å². The Hall–Kier alpha value is -0.770. The third-order valence-electron chi connectivity index (χ3n) is 1.76. The van der Waals surface area contributed by atoms with Crippen molar-refractivity contribution in [1.29, 1.82) is 0 Å². The van der Waals surface area contributed by atoms with Crippen LogP contribution in [-0.4, -0.2) is 41.9 Å². The zero-order valence-electron chi connectivity index (χ0n) is 14.2. The largest absolute Gasteiger partial charge is 0.444 e. The number of likely N-dealkylation sites (tertiary alicyclic amines) is 1. The van der Waals surface area contributed by atoms with Gasteiger partial charge in [0.25, 0.3) is 0 Å². The molecule has 1 aliphatic heterocycles. The third kappa shape index (κ3) is 17.2. The maximum absolute atomic E-state index is 11.4. The number of amides is 1. The van der Waals surface area contributed by atoms with Crippen molar-refractivity contribution in [3.05, 3.63) is 0 Å². The summed E-state index contributed by atoms with van der Waals surface area (Å²) in [4.78, 5) is 13.1. The second-order valence-corrected chi connectivity index (χ2v) is 4.88. The Kier molecular flexibility index (Phi) is 18.8. The highest BCUT2D eigenvalue weighted by atomic mass is 16.6. The smallest absolute Gasteiger partial charge is 0.410 e. The third-order valence-corrected chi connectivity index (χ3v) is 1.76. The molecule has 1 amide bonds. The molecule has 1 saturated heterocycles. The quantitative estimate of drug-likeness (QED) is 0.726. The summed E-state index contributed by atoms with van der Waals surface area (Å²) in [6, 6.07) is 0. The Balaban J connectivity index is -0.000000313. The number of aliphatic hydroxyl groups excluding tert-OH is 1. The molecule has 0 atom stereocenters. The van der Waals surface area contributed by atoms with Crippen molar-refractivity contribution in [2.24, 2.45) is 0 Å². The second kappa shape index (κ2) is 15.3. The molecule has 1 heterocycles. The van der Waals surface area contributed by atoms with Gasteiger partial charge in [-0.25, -0.2) is 4.79 Å². The summed E-state index contributed by atoms with van der Waals surface area (Å²) in [6.45, 7) is 15.6. The van der Waals surface area contributed by atoms with Crippen LogP contribution in [0.3, 0.4) is 0 Å². The van der Waals surface area contributed by atoms with Crippen molar-refractivity contribution in [3.63, 3.8) is 0 Å². The van der Waals surface area contributed by atoms with Gasteiger partial charge in [-0.3, -0.25) is 0 Å². The van der Waals surface area contributed by atoms with Crippen LogP contribution >= 0.6 is 0 Å². The molecule has 0 bridgehead atoms. The fourth-order valence-electron chi connectivity index (χ4n) is 1.23. The number of hydrogen-bond acceptors (Lipinski definition) is 3. The van der Waals surface area contributed by atoms with Gasteiger partial charge in [-0.2, -0.15) is 0 Å². The molecule has 1 fully saturated rings. The number of aliphatic hydroxyl groups is 1. The summed E-state index contributed by atoms with van der Waals surface area (Å²) in [5.74, 6) is 0. The van der Waals surface area contributed by atoms with Crippen molar-refractivity contribution in [1.82, 2.24) is 4.90 Å². The Morgan fingerprint density at radius 3 is 1.68 bits per heavy atom. The molecule has 19 heavy (non-hydrogen) atoms. The lowest BCUT2D eigenvalue weighted by Gasteiger charge is -2.23. The number of carbonyl (C=O) groups excluding carboxylic acids is 1. The van der Waals surface area contributed by atoms with Crippen LogP contribution in [0.1, 0.15) is 67.7 Å². The van der Waals surface area contributed by atoms with Crippen LogP contribution in [0.15, 0.2) is 0 Å². The highest BCUT2D eigenvalue weighted by molar-refractivity contribution is 5.68. The van der Waals surface area contributed by atoms with Crippen LogP contribution in [0.2, 0.25) is 0 Å². The van der Waals surface area contributed by atoms with Crippen LogP contribution < -0.4 is 0 Å². The van der Waals surface area contributed by atoms with Gasteiger partial charge in [0, 0.05) is 20.2 Å². The molecule has 118 valence electrons. The van der Waals surface area contributed by atoms with Crippen LogP contribution in [0, 0.1) is 0 Å². The lowest BCUT2D eigenvalue weighted by atomic mass is 10.2. The van der Waals surface area contributed by atoms with Gasteiger partial charge < -0.3 is 14.7 Å². The van der Waals surface area contributed by atoms with Crippen molar-refractivity contribution in [2.75, 3.05) is 20.2 Å². The minimum Gasteiger partial charge on any atom is -0.444 e. The SMILES string of the molecule is CC.CC(C)(C)OC(=O)N1CCCC1.CCC.CO. The van der Waals surface area contributed by atoms with Gasteiger partial charge in [-0.05, 0) is 33.6 Å². The summed E-state index contributed by atoms with van der Waals surface area (Å²) in [7, 11) is 1.00. The predicted molar refractivity (Wildman–Crippen MR) is 82.5 cm³/mol. The zero-order valence-corrected chi connectivity index (χ0v) is 14.2. The van der Waals surface area contributed by atoms with E-state index in [2.05, 4.69) is 13.8 Å². The molecule has 0 aromatic heterocycles. The first-order valence-electron chi connectivity index (χ1n) is 7.33. The molecule has 4 heteroatoms. The van der Waals surface area contributed by atoms with Gasteiger partial charge in [0.1, 0.15) is 5.60 Å². The highest BCUT2D eigenvalue weighted by Gasteiger charge is 2.23. The number of carbonyl (C=O) groups is 1. The molecule has 1 rings (SSSR count). The van der Waals surface area contributed by atoms with E-state index in [4.69, 9.17) is 9.84 Å². The molecule has 0 radical (unpaired) electrons. The highest BCUT2D eigenvalue weighted by Crippen LogP contribution is 2.14. The van der Waals surface area contributed by atoms with Crippen molar-refractivity contribution in [3.8, 4) is 0 Å². The molecule has 0 aliphatic carbocycles. The molecule has 1 aliphatic rings. The lowest BCUT2D eigenvalue weighted by molar-refractivity contribution is 0.0295. The summed E-state index contributed by atoms with van der Waals surface area (Å²) < 4.78 is 5.21. The number of rotatable bonds is 0. The fourth-order valence-corrected chi connectivity index (χ4v) is 1.23. The Labute approximate surface area is 120 Å². The Bertz CT molecular complexity index is 182. The van der Waals surface area contributed by atoms with Crippen LogP contribution in [-0.2, 0) is 4.74 Å². The predicted octanol–water partition coefficient (Wildman–Crippen LogP) is 4.07. The maximum atomic E-state index is 11.4. The van der Waals surface area contributed by atoms with E-state index in [1.54, 1.807) is 4.90 Å². The first-order valence-corrected chi connectivity index (χ1v) is 7.33. The molecule has 0 unspecified atom stereocenters. The van der Waals surface area contributed by atoms with E-state index >= 15 is 0 Å². The average Bonchev–Trinajstić information content (AvgIpc) is 2.87. The molecular weight excluding hydrogens is 242 g/mol. The minimum atomic E-state index is -0.361. The van der Waals surface area contributed by atoms with E-state index in [1.165, 1.54) is 6.42 Å². The fraction of sp³-hybridized carbons (Fsp3) is 0.933. The molecule has 0 saturated carbocycles. The Morgan fingerprint density at radius 1 is 1.11 bits per heavy atom. The normalized spacial score (nSPS) is 13.0. The maximum Gasteiger partial charge on any atom is 0.410 e. The summed E-state index contributed by atoms with van der Waals surface area (Å²) >= 11 is 0. The minimum absolute atomic E-state index is 0.167. The van der Waals surface area contributed by atoms with Gasteiger partial charge in [0.15, 0.2) is 0 Å². The van der Waals surface area contributed by atoms with E-state index in [9.17, 15) is 4.79 Å². The molecule has 0 aromatic carbocycles. The van der Waals surface area contributed by atoms with E-state index in [0.717, 1.165) is 33.0 Å². The van der Waals surface area contributed by atoms with Gasteiger partial charge in [0.2, 0.25) is 0 Å². The van der Waals surface area contributed by atoms with Crippen molar-refractivity contribution in [2.45, 2.75) is 73.3 Å². The summed E-state index contributed by atoms with van der Waals surface area (Å²) in [6.07, 6.45) is 3.30. The van der Waals surface area contributed by atoms with Crippen LogP contribution in [0.5, 0.6) is 0 Å². The summed E-state index contributed by atoms with van der Waals surface area (Å²) in [5.41, 5.74) is -0.361. The standard InChI is InChI=1S/C9H17NO2.C3H8.C2H6.CH4O/c1-9(2,3)12-8(11)10-6-4-5-7-10;1-3-2;2*1-2/h4-7H2,1-3H3;3H2,1-2H3;1-2H3;2H,1H3. The van der Waals surface area contributed by atoms with Crippen molar-refractivity contribution >= 4 is 6.09 Å². The monoisotopic (exact) mass is 277 g/mol. The lowest BCUT2D eigenvalue weighted by Crippen LogP contribution is -2.34. The first-order chi connectivity index (χ1) is 8.90. The van der Waals surface area contributed by atoms with E-state index in [-0.39, 0.29) is 11.7 Å². The molecule has 0 spiro atoms. The van der Waals surface area contributed by atoms with Gasteiger partial charge in [-0.1, -0.05) is 34.1 Å². The number of ether oxygens (including phenoxy) is 1. The van der Waals surface area contributed by atoms with Crippen LogP contribution in [0.25, 0.3) is 0 Å².